The lowest BCUT2D eigenvalue weighted by molar-refractivity contribution is 0.653. The Morgan fingerprint density at radius 3 is 2.21 bits per heavy atom. The van der Waals surface area contributed by atoms with Gasteiger partial charge >= 0.3 is 0 Å². The van der Waals surface area contributed by atoms with Gasteiger partial charge in [-0.25, -0.2) is 4.68 Å². The first-order valence-corrected chi connectivity index (χ1v) is 9.32. The first kappa shape index (κ1) is 16.4. The largest absolute Gasteiger partial charge is 0.357 e. The molecule has 136 valence electrons. The Hall–Kier alpha value is -3.73. The molecule has 0 saturated carbocycles. The Morgan fingerprint density at radius 2 is 1.43 bits per heavy atom. The second kappa shape index (κ2) is 7.12. The van der Waals surface area contributed by atoms with Crippen molar-refractivity contribution in [2.24, 2.45) is 0 Å². The molecule has 5 rings (SSSR count). The molecular weight excluding hydrogens is 346 g/mol. The number of H-pyrrole nitrogens is 1. The highest BCUT2D eigenvalue weighted by Gasteiger charge is 2.19. The van der Waals surface area contributed by atoms with Gasteiger partial charge in [0.2, 0.25) is 0 Å². The van der Waals surface area contributed by atoms with Crippen LogP contribution in [0.5, 0.6) is 0 Å². The van der Waals surface area contributed by atoms with Crippen LogP contribution >= 0.6 is 0 Å². The maximum absolute atomic E-state index is 4.39. The highest BCUT2D eigenvalue weighted by atomic mass is 15.5. The normalized spacial score (nSPS) is 11.1. The molecule has 2 aromatic heterocycles. The molecule has 0 aliphatic heterocycles. The Kier molecular flexibility index (Phi) is 4.18. The first-order chi connectivity index (χ1) is 13.9. The van der Waals surface area contributed by atoms with Crippen molar-refractivity contribution in [2.45, 2.75) is 13.0 Å². The van der Waals surface area contributed by atoms with Crippen molar-refractivity contribution in [1.29, 1.82) is 0 Å². The molecule has 3 aromatic carbocycles. The smallest absolute Gasteiger partial charge is 0.184 e. The van der Waals surface area contributed by atoms with E-state index in [4.69, 9.17) is 0 Å². The number of para-hydroxylation sites is 1. The molecule has 2 heterocycles. The summed E-state index contributed by atoms with van der Waals surface area (Å²) in [6, 6.07) is 29.0. The van der Waals surface area contributed by atoms with Crippen molar-refractivity contribution in [3.8, 4) is 11.4 Å². The van der Waals surface area contributed by atoms with Crippen molar-refractivity contribution in [2.75, 3.05) is 0 Å². The van der Waals surface area contributed by atoms with Gasteiger partial charge < -0.3 is 4.98 Å². The van der Waals surface area contributed by atoms with Crippen LogP contribution in [-0.4, -0.2) is 25.2 Å². The van der Waals surface area contributed by atoms with Crippen LogP contribution in [0.3, 0.4) is 0 Å². The Balaban J connectivity index is 1.63. The number of aromatic amines is 1. The summed E-state index contributed by atoms with van der Waals surface area (Å²) in [5.74, 6) is 0.784. The second-order valence-electron chi connectivity index (χ2n) is 6.83. The van der Waals surface area contributed by atoms with Crippen LogP contribution in [0.2, 0.25) is 0 Å². The summed E-state index contributed by atoms with van der Waals surface area (Å²) in [5.41, 5.74) is 5.70. The summed E-state index contributed by atoms with van der Waals surface area (Å²) >= 11 is 0. The topological polar surface area (TPSA) is 59.4 Å². The zero-order valence-electron chi connectivity index (χ0n) is 15.3. The first-order valence-electron chi connectivity index (χ1n) is 9.32. The molecule has 0 bridgehead atoms. The zero-order chi connectivity index (χ0) is 18.8. The van der Waals surface area contributed by atoms with E-state index in [0.717, 1.165) is 34.4 Å². The van der Waals surface area contributed by atoms with E-state index in [1.165, 1.54) is 11.1 Å². The van der Waals surface area contributed by atoms with E-state index in [1.807, 2.05) is 35.0 Å². The standard InChI is InChI=1S/C23H19N5/c1-3-9-17(10-4-1)15-21-22(19-13-7-8-14-20(19)24-21)23-25-26-27-28(23)16-18-11-5-2-6-12-18/h1-14,24H,15-16H2. The Labute approximate surface area is 162 Å². The van der Waals surface area contributed by atoms with Gasteiger partial charge in [0.1, 0.15) is 0 Å². The fourth-order valence-corrected chi connectivity index (χ4v) is 3.63. The average molecular weight is 365 g/mol. The minimum Gasteiger partial charge on any atom is -0.357 e. The van der Waals surface area contributed by atoms with Crippen molar-refractivity contribution >= 4 is 10.9 Å². The molecule has 0 aliphatic carbocycles. The quantitative estimate of drug-likeness (QED) is 0.500. The predicted octanol–water partition coefficient (Wildman–Crippen LogP) is 4.46. The molecule has 0 amide bonds. The van der Waals surface area contributed by atoms with Gasteiger partial charge in [-0.15, -0.1) is 5.10 Å². The third-order valence-electron chi connectivity index (χ3n) is 4.94. The fourth-order valence-electron chi connectivity index (χ4n) is 3.63. The van der Waals surface area contributed by atoms with Crippen LogP contribution in [0.1, 0.15) is 16.8 Å². The maximum Gasteiger partial charge on any atom is 0.184 e. The third-order valence-corrected chi connectivity index (χ3v) is 4.94. The van der Waals surface area contributed by atoms with Crippen molar-refractivity contribution in [3.05, 3.63) is 102 Å². The molecule has 5 heteroatoms. The molecule has 0 spiro atoms. The number of hydrogen-bond donors (Lipinski definition) is 1. The highest BCUT2D eigenvalue weighted by molar-refractivity contribution is 5.95. The molecule has 0 unspecified atom stereocenters. The second-order valence-corrected chi connectivity index (χ2v) is 6.83. The zero-order valence-corrected chi connectivity index (χ0v) is 15.3. The lowest BCUT2D eigenvalue weighted by atomic mass is 10.0. The number of nitrogens with zero attached hydrogens (tertiary/aromatic N) is 4. The molecule has 5 aromatic rings. The lowest BCUT2D eigenvalue weighted by Gasteiger charge is -2.07. The number of fused-ring (bicyclic) bond motifs is 1. The van der Waals surface area contributed by atoms with Crippen LogP contribution in [0.15, 0.2) is 84.9 Å². The molecule has 0 aliphatic rings. The molecule has 1 N–H and O–H groups in total. The molecule has 0 atom stereocenters. The molecule has 0 radical (unpaired) electrons. The number of tetrazole rings is 1. The molecule has 0 fully saturated rings. The minimum absolute atomic E-state index is 0.632. The number of benzene rings is 3. The van der Waals surface area contributed by atoms with E-state index >= 15 is 0 Å². The summed E-state index contributed by atoms with van der Waals surface area (Å²) < 4.78 is 1.87. The fraction of sp³-hybridized carbons (Fsp3) is 0.0870. The average Bonchev–Trinajstić information content (AvgIpc) is 3.33. The van der Waals surface area contributed by atoms with E-state index in [-0.39, 0.29) is 0 Å². The molecule has 28 heavy (non-hydrogen) atoms. The number of nitrogens with one attached hydrogen (secondary N) is 1. The van der Waals surface area contributed by atoms with Crippen molar-refractivity contribution < 1.29 is 0 Å². The van der Waals surface area contributed by atoms with Gasteiger partial charge in [-0.2, -0.15) is 0 Å². The van der Waals surface area contributed by atoms with Crippen LogP contribution in [0.4, 0.5) is 0 Å². The van der Waals surface area contributed by atoms with E-state index < -0.39 is 0 Å². The van der Waals surface area contributed by atoms with Gasteiger partial charge in [-0.3, -0.25) is 0 Å². The number of aromatic nitrogens is 5. The molecular formula is C23H19N5. The van der Waals surface area contributed by atoms with Crippen LogP contribution in [-0.2, 0) is 13.0 Å². The van der Waals surface area contributed by atoms with Crippen molar-refractivity contribution in [3.63, 3.8) is 0 Å². The van der Waals surface area contributed by atoms with Crippen molar-refractivity contribution in [1.82, 2.24) is 25.2 Å². The lowest BCUT2D eigenvalue weighted by Crippen LogP contribution is -2.05. The third kappa shape index (κ3) is 3.07. The summed E-state index contributed by atoms with van der Waals surface area (Å²) in [7, 11) is 0. The maximum atomic E-state index is 4.39. The summed E-state index contributed by atoms with van der Waals surface area (Å²) in [6.45, 7) is 0.632. The predicted molar refractivity (Wildman–Crippen MR) is 110 cm³/mol. The Morgan fingerprint density at radius 1 is 0.750 bits per heavy atom. The number of rotatable bonds is 5. The highest BCUT2D eigenvalue weighted by Crippen LogP contribution is 2.32. The monoisotopic (exact) mass is 365 g/mol. The van der Waals surface area contributed by atoms with E-state index in [2.05, 4.69) is 75.1 Å². The minimum atomic E-state index is 0.632. The summed E-state index contributed by atoms with van der Waals surface area (Å²) in [6.07, 6.45) is 0.795. The van der Waals surface area contributed by atoms with Crippen LogP contribution in [0, 0.1) is 0 Å². The van der Waals surface area contributed by atoms with Gasteiger partial charge in [0.15, 0.2) is 5.82 Å². The Bertz CT molecular complexity index is 1210. The molecule has 0 saturated heterocycles. The van der Waals surface area contributed by atoms with Gasteiger partial charge in [0.25, 0.3) is 0 Å². The summed E-state index contributed by atoms with van der Waals surface area (Å²) in [4.78, 5) is 3.58. The SMILES string of the molecule is c1ccc(Cc2[nH]c3ccccc3c2-c2nnnn2Cc2ccccc2)cc1. The van der Waals surface area contributed by atoms with Gasteiger partial charge in [0.05, 0.1) is 6.54 Å². The number of hydrogen-bond acceptors (Lipinski definition) is 3. The van der Waals surface area contributed by atoms with E-state index in [0.29, 0.717) is 6.54 Å². The van der Waals surface area contributed by atoms with Gasteiger partial charge in [-0.05, 0) is 27.6 Å². The van der Waals surface area contributed by atoms with Gasteiger partial charge in [0, 0.05) is 28.6 Å². The molecule has 5 nitrogen and oxygen atoms in total. The van der Waals surface area contributed by atoms with Crippen LogP contribution < -0.4 is 0 Å². The van der Waals surface area contributed by atoms with Crippen LogP contribution in [0.25, 0.3) is 22.3 Å². The van der Waals surface area contributed by atoms with E-state index in [9.17, 15) is 0 Å². The van der Waals surface area contributed by atoms with Gasteiger partial charge in [-0.1, -0.05) is 78.9 Å². The summed E-state index contributed by atoms with van der Waals surface area (Å²) in [5, 5.41) is 13.8. The van der Waals surface area contributed by atoms with E-state index in [1.54, 1.807) is 0 Å².